The molecule has 1 atom stereocenters. The molecule has 0 aliphatic heterocycles. The number of nitrogens with zero attached hydrogens (tertiary/aromatic N) is 3. The Hall–Kier alpha value is -3.25. The van der Waals surface area contributed by atoms with Gasteiger partial charge in [0.25, 0.3) is 5.91 Å². The van der Waals surface area contributed by atoms with Gasteiger partial charge < -0.3 is 5.32 Å². The number of benzene rings is 2. The summed E-state index contributed by atoms with van der Waals surface area (Å²) in [7, 11) is 0. The Balaban J connectivity index is 1.49. The molecule has 0 saturated carbocycles. The van der Waals surface area contributed by atoms with E-state index in [1.54, 1.807) is 35.0 Å². The predicted octanol–water partition coefficient (Wildman–Crippen LogP) is 4.94. The third kappa shape index (κ3) is 4.33. The van der Waals surface area contributed by atoms with E-state index in [1.165, 1.54) is 12.1 Å². The van der Waals surface area contributed by atoms with Crippen LogP contribution in [0.4, 0.5) is 4.39 Å². The zero-order chi connectivity index (χ0) is 21.1. The molecule has 30 heavy (non-hydrogen) atoms. The Morgan fingerprint density at radius 3 is 2.70 bits per heavy atom. The molecule has 1 N–H and O–H groups in total. The van der Waals surface area contributed by atoms with E-state index in [4.69, 9.17) is 11.6 Å². The highest BCUT2D eigenvalue weighted by atomic mass is 35.5. The topological polar surface area (TPSA) is 59.3 Å². The number of fused-ring (bicyclic) bond motifs is 1. The lowest BCUT2D eigenvalue weighted by Crippen LogP contribution is -2.33. The fourth-order valence-corrected chi connectivity index (χ4v) is 3.52. The van der Waals surface area contributed by atoms with E-state index in [2.05, 4.69) is 15.4 Å². The fourth-order valence-electron chi connectivity index (χ4n) is 3.29. The number of carbonyl (C=O) groups is 1. The minimum atomic E-state index is -0.310. The second-order valence-corrected chi connectivity index (χ2v) is 7.55. The van der Waals surface area contributed by atoms with Gasteiger partial charge in [0.1, 0.15) is 5.82 Å². The second kappa shape index (κ2) is 8.63. The van der Waals surface area contributed by atoms with E-state index in [-0.39, 0.29) is 23.5 Å². The Kier molecular flexibility index (Phi) is 5.77. The summed E-state index contributed by atoms with van der Waals surface area (Å²) in [6.45, 7) is 1.95. The van der Waals surface area contributed by atoms with Crippen LogP contribution in [0.25, 0.3) is 16.9 Å². The third-order valence-corrected chi connectivity index (χ3v) is 5.28. The van der Waals surface area contributed by atoms with Crippen molar-refractivity contribution in [1.29, 1.82) is 0 Å². The fraction of sp³-hybridized carbons (Fsp3) is 0.174. The quantitative estimate of drug-likeness (QED) is 0.478. The van der Waals surface area contributed by atoms with Gasteiger partial charge in [-0.2, -0.15) is 5.10 Å². The highest BCUT2D eigenvalue weighted by Crippen LogP contribution is 2.21. The molecule has 7 heteroatoms. The molecule has 152 valence electrons. The van der Waals surface area contributed by atoms with Crippen LogP contribution in [0.1, 0.15) is 29.4 Å². The summed E-state index contributed by atoms with van der Waals surface area (Å²) in [5.41, 5.74) is 3.39. The lowest BCUT2D eigenvalue weighted by atomic mass is 10.1. The number of hydrogen-bond acceptors (Lipinski definition) is 3. The zero-order valence-electron chi connectivity index (χ0n) is 16.3. The van der Waals surface area contributed by atoms with E-state index in [1.807, 2.05) is 31.2 Å². The first kappa shape index (κ1) is 20.0. The number of hydrogen-bond donors (Lipinski definition) is 1. The Morgan fingerprint density at radius 1 is 1.17 bits per heavy atom. The maximum atomic E-state index is 13.2. The average molecular weight is 423 g/mol. The van der Waals surface area contributed by atoms with Crippen molar-refractivity contribution < 1.29 is 9.18 Å². The first-order valence-corrected chi connectivity index (χ1v) is 10.0. The van der Waals surface area contributed by atoms with Gasteiger partial charge >= 0.3 is 0 Å². The van der Waals surface area contributed by atoms with Crippen molar-refractivity contribution in [2.24, 2.45) is 0 Å². The van der Waals surface area contributed by atoms with Crippen molar-refractivity contribution in [3.63, 3.8) is 0 Å². The van der Waals surface area contributed by atoms with Crippen LogP contribution < -0.4 is 5.32 Å². The van der Waals surface area contributed by atoms with Crippen LogP contribution >= 0.6 is 11.6 Å². The Morgan fingerprint density at radius 2 is 1.93 bits per heavy atom. The highest BCUT2D eigenvalue weighted by molar-refractivity contribution is 6.31. The SMILES string of the molecule is C[C@@H](CCc1ccccc1Cl)NC(=O)c1cc2nccc(-c3ccc(F)cc3)n2n1. The number of aryl methyl sites for hydroxylation is 1. The molecule has 0 aliphatic rings. The van der Waals surface area contributed by atoms with Crippen molar-refractivity contribution in [3.8, 4) is 11.3 Å². The highest BCUT2D eigenvalue weighted by Gasteiger charge is 2.16. The van der Waals surface area contributed by atoms with Crippen molar-refractivity contribution in [2.75, 3.05) is 0 Å². The lowest BCUT2D eigenvalue weighted by Gasteiger charge is -2.13. The third-order valence-electron chi connectivity index (χ3n) is 4.91. The molecule has 2 aromatic carbocycles. The lowest BCUT2D eigenvalue weighted by molar-refractivity contribution is 0.0933. The summed E-state index contributed by atoms with van der Waals surface area (Å²) in [6.07, 6.45) is 3.16. The van der Waals surface area contributed by atoms with Gasteiger partial charge in [0.05, 0.1) is 5.69 Å². The number of aromatic nitrogens is 3. The molecule has 2 aromatic heterocycles. The van der Waals surface area contributed by atoms with Crippen molar-refractivity contribution in [3.05, 3.63) is 89.0 Å². The summed E-state index contributed by atoms with van der Waals surface area (Å²) in [4.78, 5) is 17.0. The van der Waals surface area contributed by atoms with Crippen LogP contribution in [0.2, 0.25) is 5.02 Å². The Labute approximate surface area is 178 Å². The monoisotopic (exact) mass is 422 g/mol. The summed E-state index contributed by atoms with van der Waals surface area (Å²) in [5.74, 6) is -0.576. The molecule has 0 unspecified atom stereocenters. The Bertz CT molecular complexity index is 1190. The van der Waals surface area contributed by atoms with Crippen LogP contribution in [-0.2, 0) is 6.42 Å². The smallest absolute Gasteiger partial charge is 0.272 e. The molecule has 4 aromatic rings. The molecule has 0 fully saturated rings. The van der Waals surface area contributed by atoms with Gasteiger partial charge in [-0.15, -0.1) is 0 Å². The maximum absolute atomic E-state index is 13.2. The molecular weight excluding hydrogens is 403 g/mol. The standard InChI is InChI=1S/C23H20ClFN4O/c1-15(6-7-16-4-2-3-5-19(16)24)27-23(30)20-14-22-26-13-12-21(29(22)28-20)17-8-10-18(25)11-9-17/h2-5,8-15H,6-7H2,1H3,(H,27,30)/t15-/m0/s1. The summed E-state index contributed by atoms with van der Waals surface area (Å²) in [6, 6.07) is 17.2. The number of nitrogens with one attached hydrogen (secondary N) is 1. The van der Waals surface area contributed by atoms with Crippen LogP contribution in [0.5, 0.6) is 0 Å². The van der Waals surface area contributed by atoms with Crippen LogP contribution in [0.3, 0.4) is 0 Å². The van der Waals surface area contributed by atoms with Crippen molar-refractivity contribution >= 4 is 23.2 Å². The van der Waals surface area contributed by atoms with Gasteiger partial charge in [-0.3, -0.25) is 4.79 Å². The summed E-state index contributed by atoms with van der Waals surface area (Å²) in [5, 5.41) is 8.13. The van der Waals surface area contributed by atoms with Gasteiger partial charge in [-0.1, -0.05) is 29.8 Å². The maximum Gasteiger partial charge on any atom is 0.272 e. The van der Waals surface area contributed by atoms with Gasteiger partial charge in [-0.25, -0.2) is 13.9 Å². The molecule has 0 saturated heterocycles. The first-order valence-electron chi connectivity index (χ1n) is 9.66. The zero-order valence-corrected chi connectivity index (χ0v) is 17.1. The number of amides is 1. The number of carbonyl (C=O) groups excluding carboxylic acids is 1. The molecule has 4 rings (SSSR count). The second-order valence-electron chi connectivity index (χ2n) is 7.14. The van der Waals surface area contributed by atoms with Crippen LogP contribution in [0, 0.1) is 5.82 Å². The largest absolute Gasteiger partial charge is 0.348 e. The number of halogens is 2. The molecule has 2 heterocycles. The molecule has 0 spiro atoms. The van der Waals surface area contributed by atoms with Crippen LogP contribution in [0.15, 0.2) is 66.9 Å². The molecule has 0 aliphatic carbocycles. The predicted molar refractivity (Wildman–Crippen MR) is 115 cm³/mol. The molecular formula is C23H20ClFN4O. The van der Waals surface area contributed by atoms with E-state index in [0.29, 0.717) is 5.65 Å². The van der Waals surface area contributed by atoms with E-state index < -0.39 is 0 Å². The molecule has 5 nitrogen and oxygen atoms in total. The van der Waals surface area contributed by atoms with Crippen molar-refractivity contribution in [2.45, 2.75) is 25.8 Å². The van der Waals surface area contributed by atoms with Gasteiger partial charge in [0.15, 0.2) is 11.3 Å². The normalized spacial score (nSPS) is 12.1. The van der Waals surface area contributed by atoms with Gasteiger partial charge in [-0.05, 0) is 61.7 Å². The minimum absolute atomic E-state index is 0.0527. The minimum Gasteiger partial charge on any atom is -0.348 e. The number of rotatable bonds is 6. The van der Waals surface area contributed by atoms with Crippen LogP contribution in [-0.4, -0.2) is 26.5 Å². The van der Waals surface area contributed by atoms with Gasteiger partial charge in [0, 0.05) is 28.9 Å². The molecule has 0 bridgehead atoms. The van der Waals surface area contributed by atoms with Crippen molar-refractivity contribution in [1.82, 2.24) is 19.9 Å². The van der Waals surface area contributed by atoms with Gasteiger partial charge in [0.2, 0.25) is 0 Å². The summed E-state index contributed by atoms with van der Waals surface area (Å²) >= 11 is 6.20. The first-order chi connectivity index (χ1) is 14.5. The summed E-state index contributed by atoms with van der Waals surface area (Å²) < 4.78 is 14.8. The van der Waals surface area contributed by atoms with E-state index >= 15 is 0 Å². The van der Waals surface area contributed by atoms with E-state index in [9.17, 15) is 9.18 Å². The molecule has 0 radical (unpaired) electrons. The van der Waals surface area contributed by atoms with E-state index in [0.717, 1.165) is 34.7 Å². The molecule has 1 amide bonds. The average Bonchev–Trinajstić information content (AvgIpc) is 3.18.